The molecule has 3 rings (SSSR count). The molecular formula is C19H19Cl2N3O. The number of likely N-dealkylation sites (N-methyl/N-ethyl adjacent to an activating group) is 1. The van der Waals surface area contributed by atoms with Gasteiger partial charge < -0.3 is 9.30 Å². The fourth-order valence-corrected chi connectivity index (χ4v) is 3.40. The van der Waals surface area contributed by atoms with Gasteiger partial charge in [-0.25, -0.2) is 4.98 Å². The third-order valence-electron chi connectivity index (χ3n) is 4.45. The molecule has 0 spiro atoms. The number of pyridine rings is 1. The highest BCUT2D eigenvalue weighted by Gasteiger charge is 2.21. The molecule has 0 bridgehead atoms. The second kappa shape index (κ2) is 7.06. The van der Waals surface area contributed by atoms with Crippen LogP contribution in [0.2, 0.25) is 10.0 Å². The zero-order valence-corrected chi connectivity index (χ0v) is 15.8. The second-order valence-electron chi connectivity index (χ2n) is 6.18. The van der Waals surface area contributed by atoms with Crippen LogP contribution in [-0.4, -0.2) is 27.2 Å². The smallest absolute Gasteiger partial charge is 0.228 e. The van der Waals surface area contributed by atoms with Gasteiger partial charge in [0.1, 0.15) is 5.65 Å². The Morgan fingerprint density at radius 3 is 2.76 bits per heavy atom. The van der Waals surface area contributed by atoms with Crippen LogP contribution in [0.25, 0.3) is 5.65 Å². The molecule has 1 atom stereocenters. The van der Waals surface area contributed by atoms with Crippen molar-refractivity contribution in [2.75, 3.05) is 7.05 Å². The Labute approximate surface area is 157 Å². The van der Waals surface area contributed by atoms with Gasteiger partial charge in [-0.3, -0.25) is 4.79 Å². The lowest BCUT2D eigenvalue weighted by molar-refractivity contribution is -0.131. The Morgan fingerprint density at radius 2 is 2.08 bits per heavy atom. The molecular weight excluding hydrogens is 357 g/mol. The number of rotatable bonds is 4. The van der Waals surface area contributed by atoms with Gasteiger partial charge >= 0.3 is 0 Å². The zero-order chi connectivity index (χ0) is 18.1. The average molecular weight is 376 g/mol. The largest absolute Gasteiger partial charge is 0.339 e. The minimum Gasteiger partial charge on any atom is -0.339 e. The molecule has 0 unspecified atom stereocenters. The highest BCUT2D eigenvalue weighted by atomic mass is 35.5. The topological polar surface area (TPSA) is 37.6 Å². The van der Waals surface area contributed by atoms with Crippen molar-refractivity contribution in [2.45, 2.75) is 26.3 Å². The van der Waals surface area contributed by atoms with Crippen molar-refractivity contribution in [3.05, 3.63) is 69.6 Å². The van der Waals surface area contributed by atoms with Crippen LogP contribution in [0.15, 0.2) is 42.7 Å². The van der Waals surface area contributed by atoms with E-state index in [1.54, 1.807) is 24.1 Å². The molecule has 0 aliphatic rings. The fourth-order valence-electron chi connectivity index (χ4n) is 2.83. The number of fused-ring (bicyclic) bond motifs is 1. The summed E-state index contributed by atoms with van der Waals surface area (Å²) in [6.07, 6.45) is 4.07. The van der Waals surface area contributed by atoms with E-state index in [4.69, 9.17) is 23.2 Å². The molecule has 1 amide bonds. The number of amides is 1. The van der Waals surface area contributed by atoms with Gasteiger partial charge in [-0.2, -0.15) is 0 Å². The molecule has 4 nitrogen and oxygen atoms in total. The van der Waals surface area contributed by atoms with Gasteiger partial charge in [0, 0.05) is 29.5 Å². The Balaban J connectivity index is 1.78. The number of hydrogen-bond donors (Lipinski definition) is 0. The minimum atomic E-state index is -0.156. The predicted molar refractivity (Wildman–Crippen MR) is 101 cm³/mol. The van der Waals surface area contributed by atoms with E-state index in [9.17, 15) is 4.79 Å². The maximum absolute atomic E-state index is 12.7. The summed E-state index contributed by atoms with van der Waals surface area (Å²) in [5.74, 6) is -0.0143. The summed E-state index contributed by atoms with van der Waals surface area (Å²) in [5.41, 5.74) is 3.57. The van der Waals surface area contributed by atoms with Gasteiger partial charge in [0.25, 0.3) is 0 Å². The number of carbonyl (C=O) groups is 1. The van der Waals surface area contributed by atoms with E-state index in [0.717, 1.165) is 22.5 Å². The summed E-state index contributed by atoms with van der Waals surface area (Å²) in [6.45, 7) is 3.95. The number of aryl methyl sites for hydroxylation is 1. The van der Waals surface area contributed by atoms with Crippen molar-refractivity contribution in [1.82, 2.24) is 14.3 Å². The molecule has 1 aromatic carbocycles. The Kier molecular flexibility index (Phi) is 5.02. The zero-order valence-electron chi connectivity index (χ0n) is 14.3. The summed E-state index contributed by atoms with van der Waals surface area (Å²) >= 11 is 12.2. The van der Waals surface area contributed by atoms with Crippen LogP contribution < -0.4 is 0 Å². The van der Waals surface area contributed by atoms with Gasteiger partial charge in [-0.05, 0) is 43.2 Å². The molecule has 3 aromatic rings. The molecule has 0 radical (unpaired) electrons. The summed E-state index contributed by atoms with van der Waals surface area (Å²) in [5, 5.41) is 1.14. The molecule has 6 heteroatoms. The number of benzene rings is 1. The molecule has 25 heavy (non-hydrogen) atoms. The van der Waals surface area contributed by atoms with Crippen molar-refractivity contribution in [2.24, 2.45) is 0 Å². The van der Waals surface area contributed by atoms with Gasteiger partial charge in [-0.15, -0.1) is 0 Å². The standard InChI is InChI=1S/C19H19Cl2N3O/c1-12-5-4-8-24-11-15(22-19(12)24)10-18(25)23(3)13(2)16-7-6-14(20)9-17(16)21/h4-9,11,13H,10H2,1-3H3/t13-/m0/s1. The van der Waals surface area contributed by atoms with Crippen LogP contribution in [0.1, 0.15) is 29.8 Å². The average Bonchev–Trinajstić information content (AvgIpc) is 2.97. The lowest BCUT2D eigenvalue weighted by atomic mass is 10.1. The monoisotopic (exact) mass is 375 g/mol. The number of nitrogens with zero attached hydrogens (tertiary/aromatic N) is 3. The highest BCUT2D eigenvalue weighted by Crippen LogP contribution is 2.29. The van der Waals surface area contributed by atoms with Crippen LogP contribution in [-0.2, 0) is 11.2 Å². The van der Waals surface area contributed by atoms with Gasteiger partial charge in [0.05, 0.1) is 18.2 Å². The molecule has 0 saturated carbocycles. The van der Waals surface area contributed by atoms with E-state index in [-0.39, 0.29) is 18.4 Å². The number of imidazole rings is 1. The molecule has 0 N–H and O–H groups in total. The fraction of sp³-hybridized carbons (Fsp3) is 0.263. The summed E-state index contributed by atoms with van der Waals surface area (Å²) < 4.78 is 1.94. The third kappa shape index (κ3) is 3.65. The first-order valence-corrected chi connectivity index (χ1v) is 8.76. The summed E-state index contributed by atoms with van der Waals surface area (Å²) in [7, 11) is 1.78. The SMILES string of the molecule is Cc1cccn2cc(CC(=O)N(C)[C@@H](C)c3ccc(Cl)cc3Cl)nc12. The maximum atomic E-state index is 12.7. The van der Waals surface area contributed by atoms with Crippen LogP contribution >= 0.6 is 23.2 Å². The number of carbonyl (C=O) groups excluding carboxylic acids is 1. The van der Waals surface area contributed by atoms with E-state index in [1.165, 1.54) is 0 Å². The van der Waals surface area contributed by atoms with Crippen LogP contribution in [0.5, 0.6) is 0 Å². The first-order valence-electron chi connectivity index (χ1n) is 8.00. The molecule has 0 saturated heterocycles. The van der Waals surface area contributed by atoms with Crippen LogP contribution in [0.3, 0.4) is 0 Å². The first-order chi connectivity index (χ1) is 11.9. The maximum Gasteiger partial charge on any atom is 0.228 e. The van der Waals surface area contributed by atoms with Crippen molar-refractivity contribution in [1.29, 1.82) is 0 Å². The second-order valence-corrected chi connectivity index (χ2v) is 7.02. The number of hydrogen-bond acceptors (Lipinski definition) is 2. The lowest BCUT2D eigenvalue weighted by Crippen LogP contribution is -2.31. The Bertz CT molecular complexity index is 936. The predicted octanol–water partition coefficient (Wildman–Crippen LogP) is 4.71. The molecule has 130 valence electrons. The van der Waals surface area contributed by atoms with E-state index in [0.29, 0.717) is 10.0 Å². The molecule has 0 fully saturated rings. The molecule has 2 aromatic heterocycles. The molecule has 0 aliphatic carbocycles. The van der Waals surface area contributed by atoms with Crippen LogP contribution in [0.4, 0.5) is 0 Å². The minimum absolute atomic E-state index is 0.0143. The highest BCUT2D eigenvalue weighted by molar-refractivity contribution is 6.35. The Morgan fingerprint density at radius 1 is 1.32 bits per heavy atom. The quantitative estimate of drug-likeness (QED) is 0.661. The molecule has 2 heterocycles. The number of aromatic nitrogens is 2. The van der Waals surface area contributed by atoms with Crippen molar-refractivity contribution >= 4 is 34.8 Å². The summed E-state index contributed by atoms with van der Waals surface area (Å²) in [4.78, 5) is 18.9. The molecule has 0 aliphatic heterocycles. The summed E-state index contributed by atoms with van der Waals surface area (Å²) in [6, 6.07) is 9.14. The van der Waals surface area contributed by atoms with Gasteiger partial charge in [0.2, 0.25) is 5.91 Å². The van der Waals surface area contributed by atoms with Crippen LogP contribution in [0, 0.1) is 6.92 Å². The van der Waals surface area contributed by atoms with Crippen molar-refractivity contribution in [3.8, 4) is 0 Å². The van der Waals surface area contributed by atoms with Crippen molar-refractivity contribution < 1.29 is 4.79 Å². The first kappa shape index (κ1) is 17.8. The lowest BCUT2D eigenvalue weighted by Gasteiger charge is -2.26. The van der Waals surface area contributed by atoms with Crippen molar-refractivity contribution in [3.63, 3.8) is 0 Å². The Hall–Kier alpha value is -2.04. The number of halogens is 2. The van der Waals surface area contributed by atoms with E-state index >= 15 is 0 Å². The third-order valence-corrected chi connectivity index (χ3v) is 5.01. The van der Waals surface area contributed by atoms with E-state index in [2.05, 4.69) is 4.98 Å². The normalized spacial score (nSPS) is 12.4. The van der Waals surface area contributed by atoms with Gasteiger partial charge in [0.15, 0.2) is 0 Å². The van der Waals surface area contributed by atoms with E-state index < -0.39 is 0 Å². The van der Waals surface area contributed by atoms with Gasteiger partial charge in [-0.1, -0.05) is 35.3 Å². The van der Waals surface area contributed by atoms with E-state index in [1.807, 2.05) is 48.8 Å².